The molecule has 1 unspecified atom stereocenters. The summed E-state index contributed by atoms with van der Waals surface area (Å²) < 4.78 is 11.3. The van der Waals surface area contributed by atoms with E-state index < -0.39 is 0 Å². The van der Waals surface area contributed by atoms with Gasteiger partial charge < -0.3 is 14.3 Å². The molecule has 1 heterocycles. The molecule has 4 rings (SSSR count). The maximum Gasteiger partial charge on any atom is 0.157 e. The zero-order chi connectivity index (χ0) is 14.9. The molecule has 3 heteroatoms. The van der Waals surface area contributed by atoms with Crippen molar-refractivity contribution in [3.63, 3.8) is 0 Å². The number of carbonyl (C=O) groups is 1. The van der Waals surface area contributed by atoms with Gasteiger partial charge in [0, 0.05) is 6.42 Å². The first kappa shape index (κ1) is 13.4. The fourth-order valence-corrected chi connectivity index (χ4v) is 3.57. The summed E-state index contributed by atoms with van der Waals surface area (Å²) in [7, 11) is 0. The molecule has 0 fully saturated rings. The van der Waals surface area contributed by atoms with Crippen molar-refractivity contribution >= 4 is 6.29 Å². The number of benzene rings is 1. The second-order valence-corrected chi connectivity index (χ2v) is 5.86. The predicted octanol–water partition coefficient (Wildman–Crippen LogP) is 3.43. The maximum atomic E-state index is 11.7. The van der Waals surface area contributed by atoms with E-state index in [4.69, 9.17) is 9.47 Å². The lowest BCUT2D eigenvalue weighted by Crippen LogP contribution is -2.19. The van der Waals surface area contributed by atoms with E-state index in [1.54, 1.807) is 0 Å². The molecule has 1 aromatic rings. The van der Waals surface area contributed by atoms with Crippen molar-refractivity contribution in [2.75, 3.05) is 13.2 Å². The van der Waals surface area contributed by atoms with E-state index in [0.29, 0.717) is 13.2 Å². The molecule has 0 saturated heterocycles. The Morgan fingerprint density at radius 1 is 1.05 bits per heavy atom. The second kappa shape index (κ2) is 5.48. The first-order valence-corrected chi connectivity index (χ1v) is 7.78. The predicted molar refractivity (Wildman–Crippen MR) is 83.3 cm³/mol. The number of aldehydes is 1. The second-order valence-electron chi connectivity index (χ2n) is 5.86. The Hall–Kier alpha value is -2.29. The van der Waals surface area contributed by atoms with Crippen LogP contribution in [0.2, 0.25) is 0 Å². The van der Waals surface area contributed by atoms with E-state index in [0.717, 1.165) is 42.6 Å². The minimum absolute atomic E-state index is 0.128. The third-order valence-corrected chi connectivity index (χ3v) is 4.66. The molecule has 22 heavy (non-hydrogen) atoms. The molecule has 1 aromatic carbocycles. The average molecular weight is 294 g/mol. The van der Waals surface area contributed by atoms with Gasteiger partial charge in [-0.1, -0.05) is 35.9 Å². The molecule has 0 amide bonds. The maximum absolute atomic E-state index is 11.7. The highest BCUT2D eigenvalue weighted by atomic mass is 16.6. The van der Waals surface area contributed by atoms with Crippen molar-refractivity contribution in [3.05, 3.63) is 70.2 Å². The molecule has 0 radical (unpaired) electrons. The van der Waals surface area contributed by atoms with Gasteiger partial charge in [0.05, 0.1) is 5.92 Å². The highest BCUT2D eigenvalue weighted by Gasteiger charge is 2.28. The SMILES string of the molecule is O=CC1C(=C2C=CC3=C(C2)OCCO3)CCc2ccccc21. The van der Waals surface area contributed by atoms with Crippen LogP contribution in [0.3, 0.4) is 0 Å². The van der Waals surface area contributed by atoms with Crippen LogP contribution in [0, 0.1) is 0 Å². The molecule has 112 valence electrons. The van der Waals surface area contributed by atoms with E-state index >= 15 is 0 Å². The largest absolute Gasteiger partial charge is 0.490 e. The van der Waals surface area contributed by atoms with Crippen molar-refractivity contribution in [3.8, 4) is 0 Å². The summed E-state index contributed by atoms with van der Waals surface area (Å²) in [6.45, 7) is 1.22. The summed E-state index contributed by atoms with van der Waals surface area (Å²) in [6, 6.07) is 8.26. The van der Waals surface area contributed by atoms with Gasteiger partial charge >= 0.3 is 0 Å². The Kier molecular flexibility index (Phi) is 3.34. The lowest BCUT2D eigenvalue weighted by atomic mass is 9.76. The van der Waals surface area contributed by atoms with Crippen molar-refractivity contribution < 1.29 is 14.3 Å². The molecule has 0 saturated carbocycles. The molecule has 2 aliphatic carbocycles. The lowest BCUT2D eigenvalue weighted by Gasteiger charge is -2.29. The number of allylic oxidation sites excluding steroid dienone is 4. The minimum atomic E-state index is -0.128. The van der Waals surface area contributed by atoms with Gasteiger partial charge in [0.15, 0.2) is 5.76 Å². The number of hydrogen-bond donors (Lipinski definition) is 0. The summed E-state index contributed by atoms with van der Waals surface area (Å²) in [5, 5.41) is 0. The fourth-order valence-electron chi connectivity index (χ4n) is 3.57. The van der Waals surface area contributed by atoms with Crippen LogP contribution in [-0.4, -0.2) is 19.5 Å². The van der Waals surface area contributed by atoms with Gasteiger partial charge in [-0.15, -0.1) is 0 Å². The topological polar surface area (TPSA) is 35.5 Å². The van der Waals surface area contributed by atoms with Gasteiger partial charge in [-0.2, -0.15) is 0 Å². The molecule has 1 atom stereocenters. The number of hydrogen-bond acceptors (Lipinski definition) is 3. The molecule has 1 aliphatic heterocycles. The molecule has 3 aliphatic rings. The quantitative estimate of drug-likeness (QED) is 0.744. The molecule has 0 spiro atoms. The first-order chi connectivity index (χ1) is 10.9. The Morgan fingerprint density at radius 2 is 1.91 bits per heavy atom. The number of fused-ring (bicyclic) bond motifs is 1. The summed E-state index contributed by atoms with van der Waals surface area (Å²) in [5.41, 5.74) is 4.88. The Bertz CT molecular complexity index is 709. The fraction of sp³-hybridized carbons (Fsp3) is 0.316. The van der Waals surface area contributed by atoms with Crippen LogP contribution >= 0.6 is 0 Å². The highest BCUT2D eigenvalue weighted by molar-refractivity contribution is 5.71. The van der Waals surface area contributed by atoms with Crippen molar-refractivity contribution in [1.29, 1.82) is 0 Å². The molecule has 0 N–H and O–H groups in total. The van der Waals surface area contributed by atoms with Crippen LogP contribution in [0.5, 0.6) is 0 Å². The Balaban J connectivity index is 1.72. The van der Waals surface area contributed by atoms with Crippen molar-refractivity contribution in [2.24, 2.45) is 0 Å². The van der Waals surface area contributed by atoms with Gasteiger partial charge in [0.2, 0.25) is 0 Å². The zero-order valence-corrected chi connectivity index (χ0v) is 12.4. The normalized spacial score (nSPS) is 26.6. The molecular formula is C19H18O3. The molecule has 3 nitrogen and oxygen atoms in total. The third-order valence-electron chi connectivity index (χ3n) is 4.66. The van der Waals surface area contributed by atoms with E-state index in [2.05, 4.69) is 18.2 Å². The lowest BCUT2D eigenvalue weighted by molar-refractivity contribution is -0.108. The van der Waals surface area contributed by atoms with Gasteiger partial charge in [0.25, 0.3) is 0 Å². The smallest absolute Gasteiger partial charge is 0.157 e. The molecule has 0 aromatic heterocycles. The summed E-state index contributed by atoms with van der Waals surface area (Å²) in [4.78, 5) is 11.7. The number of rotatable bonds is 1. The first-order valence-electron chi connectivity index (χ1n) is 7.78. The molecular weight excluding hydrogens is 276 g/mol. The van der Waals surface area contributed by atoms with Gasteiger partial charge in [-0.05, 0) is 35.6 Å². The van der Waals surface area contributed by atoms with E-state index in [-0.39, 0.29) is 5.92 Å². The minimum Gasteiger partial charge on any atom is -0.490 e. The van der Waals surface area contributed by atoms with Gasteiger partial charge in [-0.25, -0.2) is 0 Å². The Morgan fingerprint density at radius 3 is 2.82 bits per heavy atom. The standard InChI is InChI=1S/C19H18O3/c20-12-17-15-4-2-1-3-13(15)5-7-16(17)14-6-8-18-19(11-14)22-10-9-21-18/h1-4,6,8,12,17H,5,7,9-11H2. The van der Waals surface area contributed by atoms with Crippen molar-refractivity contribution in [2.45, 2.75) is 25.2 Å². The van der Waals surface area contributed by atoms with E-state index in [9.17, 15) is 4.79 Å². The average Bonchev–Trinajstić information content (AvgIpc) is 2.60. The van der Waals surface area contributed by atoms with Crippen LogP contribution in [0.1, 0.15) is 29.9 Å². The van der Waals surface area contributed by atoms with Gasteiger partial charge in [0.1, 0.15) is 25.3 Å². The highest BCUT2D eigenvalue weighted by Crippen LogP contribution is 2.39. The summed E-state index contributed by atoms with van der Waals surface area (Å²) in [5.74, 6) is 1.62. The van der Waals surface area contributed by atoms with Crippen LogP contribution < -0.4 is 0 Å². The zero-order valence-electron chi connectivity index (χ0n) is 12.4. The van der Waals surface area contributed by atoms with Crippen LogP contribution in [0.15, 0.2) is 59.1 Å². The summed E-state index contributed by atoms with van der Waals surface area (Å²) >= 11 is 0. The number of aryl methyl sites for hydroxylation is 1. The third kappa shape index (κ3) is 2.17. The number of carbonyl (C=O) groups excluding carboxylic acids is 1. The van der Waals surface area contributed by atoms with Crippen LogP contribution in [-0.2, 0) is 20.7 Å². The number of ether oxygens (including phenoxy) is 2. The van der Waals surface area contributed by atoms with E-state index in [1.165, 1.54) is 16.7 Å². The van der Waals surface area contributed by atoms with Crippen molar-refractivity contribution in [1.82, 2.24) is 0 Å². The van der Waals surface area contributed by atoms with Crippen LogP contribution in [0.4, 0.5) is 0 Å². The molecule has 0 bridgehead atoms. The van der Waals surface area contributed by atoms with E-state index in [1.807, 2.05) is 18.2 Å². The van der Waals surface area contributed by atoms with Crippen LogP contribution in [0.25, 0.3) is 0 Å². The van der Waals surface area contributed by atoms with Gasteiger partial charge in [-0.3, -0.25) is 0 Å². The Labute approximate surface area is 129 Å². The monoisotopic (exact) mass is 294 g/mol. The summed E-state index contributed by atoms with van der Waals surface area (Å²) in [6.07, 6.45) is 7.81.